The van der Waals surface area contributed by atoms with Gasteiger partial charge in [0, 0.05) is 25.8 Å². The SMILES string of the molecule is CCCCCCOCCCCC1Oc2ccc(C(CCC(C)[Si]Oc3ccccn3)C(C)CCCC)cc2O1. The summed E-state index contributed by atoms with van der Waals surface area (Å²) < 4.78 is 24.1. The first kappa shape index (κ1) is 31.5. The Bertz CT molecular complexity index is 912. The van der Waals surface area contributed by atoms with E-state index in [-0.39, 0.29) is 6.29 Å². The van der Waals surface area contributed by atoms with E-state index < -0.39 is 0 Å². The van der Waals surface area contributed by atoms with Crippen LogP contribution in [0.15, 0.2) is 42.6 Å². The molecule has 0 fully saturated rings. The van der Waals surface area contributed by atoms with Gasteiger partial charge in [0.15, 0.2) is 17.4 Å². The molecule has 0 saturated carbocycles. The molecule has 2 radical (unpaired) electrons. The normalized spacial score (nSPS) is 16.7. The van der Waals surface area contributed by atoms with Gasteiger partial charge in [0.05, 0.1) is 0 Å². The van der Waals surface area contributed by atoms with Gasteiger partial charge in [-0.2, -0.15) is 0 Å². The smallest absolute Gasteiger partial charge is 0.316 e. The molecule has 2 heterocycles. The van der Waals surface area contributed by atoms with E-state index in [0.717, 1.165) is 62.7 Å². The van der Waals surface area contributed by atoms with Gasteiger partial charge in [-0.15, -0.1) is 0 Å². The molecule has 0 bridgehead atoms. The number of fused-ring (bicyclic) bond motifs is 1. The number of aromatic nitrogens is 1. The van der Waals surface area contributed by atoms with E-state index in [0.29, 0.717) is 27.1 Å². The van der Waals surface area contributed by atoms with Crippen LogP contribution in [0.25, 0.3) is 0 Å². The number of pyridine rings is 1. The number of nitrogens with zero attached hydrogens (tertiary/aromatic N) is 1. The minimum absolute atomic E-state index is 0.180. The zero-order valence-electron chi connectivity index (χ0n) is 24.8. The molecule has 3 rings (SSSR count). The van der Waals surface area contributed by atoms with E-state index in [1.807, 2.05) is 18.2 Å². The first-order chi connectivity index (χ1) is 19.1. The van der Waals surface area contributed by atoms with E-state index in [2.05, 4.69) is 50.9 Å². The van der Waals surface area contributed by atoms with Crippen LogP contribution < -0.4 is 13.9 Å². The standard InChI is InChI=1S/C33H51NO4Si/c1-5-7-9-13-23-35-24-14-11-17-33-36-30-21-19-28(25-31(30)37-33)29(26(3)15-8-6-2)20-18-27(4)39-38-32-16-10-12-22-34-32/h10,12,16,19,21-22,25-27,29,33H,5-9,11,13-15,17-18,20,23-24H2,1-4H3. The van der Waals surface area contributed by atoms with Gasteiger partial charge in [0.25, 0.3) is 0 Å². The molecule has 5 nitrogen and oxygen atoms in total. The second-order valence-corrected chi connectivity index (χ2v) is 12.6. The lowest BCUT2D eigenvalue weighted by Gasteiger charge is -2.26. The Morgan fingerprint density at radius 3 is 2.41 bits per heavy atom. The third-order valence-corrected chi connectivity index (χ3v) is 8.66. The second-order valence-electron chi connectivity index (χ2n) is 11.1. The average Bonchev–Trinajstić information content (AvgIpc) is 3.37. The minimum Gasteiger partial charge on any atom is -0.528 e. The number of benzene rings is 1. The molecule has 0 amide bonds. The molecular weight excluding hydrogens is 502 g/mol. The summed E-state index contributed by atoms with van der Waals surface area (Å²) in [4.78, 5) is 4.29. The van der Waals surface area contributed by atoms with Gasteiger partial charge in [-0.05, 0) is 79.3 Å². The van der Waals surface area contributed by atoms with Gasteiger partial charge in [-0.25, -0.2) is 4.98 Å². The summed E-state index contributed by atoms with van der Waals surface area (Å²) in [5.41, 5.74) is 1.87. The average molecular weight is 554 g/mol. The third kappa shape index (κ3) is 11.5. The van der Waals surface area contributed by atoms with Gasteiger partial charge in [0.2, 0.25) is 6.29 Å². The Balaban J connectivity index is 1.47. The summed E-state index contributed by atoms with van der Waals surface area (Å²) in [6.07, 6.45) is 15.7. The predicted octanol–water partition coefficient (Wildman–Crippen LogP) is 9.14. The van der Waals surface area contributed by atoms with Crippen LogP contribution in [0.4, 0.5) is 0 Å². The Kier molecular flexibility index (Phi) is 14.8. The maximum absolute atomic E-state index is 6.26. The van der Waals surface area contributed by atoms with Crippen LogP contribution in [0.1, 0.15) is 116 Å². The van der Waals surface area contributed by atoms with Crippen molar-refractivity contribution < 1.29 is 18.6 Å². The highest BCUT2D eigenvalue weighted by molar-refractivity contribution is 6.30. The Labute approximate surface area is 240 Å². The molecule has 1 aromatic heterocycles. The van der Waals surface area contributed by atoms with Crippen molar-refractivity contribution in [2.24, 2.45) is 5.92 Å². The lowest BCUT2D eigenvalue weighted by Crippen LogP contribution is -2.17. The Morgan fingerprint density at radius 2 is 1.64 bits per heavy atom. The highest BCUT2D eigenvalue weighted by atomic mass is 28.2. The van der Waals surface area contributed by atoms with Gasteiger partial charge in [0.1, 0.15) is 0 Å². The summed E-state index contributed by atoms with van der Waals surface area (Å²) in [5, 5.41) is 0. The number of rotatable bonds is 21. The molecular formula is C33H51NO4Si. The summed E-state index contributed by atoms with van der Waals surface area (Å²) in [5.74, 6) is 3.63. The molecule has 0 aliphatic carbocycles. The predicted molar refractivity (Wildman–Crippen MR) is 161 cm³/mol. The van der Waals surface area contributed by atoms with Crippen LogP contribution in [0, 0.1) is 5.92 Å². The van der Waals surface area contributed by atoms with Gasteiger partial charge < -0.3 is 18.6 Å². The quantitative estimate of drug-likeness (QED) is 0.114. The molecule has 4 atom stereocenters. The van der Waals surface area contributed by atoms with E-state index in [1.165, 1.54) is 50.5 Å². The number of hydrogen-bond donors (Lipinski definition) is 0. The molecule has 1 aromatic carbocycles. The molecule has 1 aliphatic rings. The van der Waals surface area contributed by atoms with Crippen LogP contribution in [0.3, 0.4) is 0 Å². The molecule has 0 spiro atoms. The van der Waals surface area contributed by atoms with Crippen LogP contribution >= 0.6 is 0 Å². The number of unbranched alkanes of at least 4 members (excludes halogenated alkanes) is 5. The van der Waals surface area contributed by atoms with Gasteiger partial charge in [-0.1, -0.05) is 78.4 Å². The van der Waals surface area contributed by atoms with E-state index in [9.17, 15) is 0 Å². The van der Waals surface area contributed by atoms with Crippen molar-refractivity contribution in [3.05, 3.63) is 48.2 Å². The molecule has 1 aliphatic heterocycles. The van der Waals surface area contributed by atoms with Crippen molar-refractivity contribution in [2.75, 3.05) is 13.2 Å². The Hall–Kier alpha value is -2.05. The summed E-state index contributed by atoms with van der Waals surface area (Å²) in [6.45, 7) is 10.9. The fourth-order valence-electron chi connectivity index (χ4n) is 5.18. The molecule has 0 saturated heterocycles. The van der Waals surface area contributed by atoms with Crippen LogP contribution in [0.2, 0.25) is 5.54 Å². The molecule has 6 heteroatoms. The fraction of sp³-hybridized carbons (Fsp3) is 0.667. The van der Waals surface area contributed by atoms with Crippen LogP contribution in [-0.2, 0) is 4.74 Å². The maximum atomic E-state index is 6.26. The van der Waals surface area contributed by atoms with E-state index in [1.54, 1.807) is 6.20 Å². The zero-order valence-corrected chi connectivity index (χ0v) is 25.8. The number of ether oxygens (including phenoxy) is 3. The largest absolute Gasteiger partial charge is 0.528 e. The summed E-state index contributed by atoms with van der Waals surface area (Å²) >= 11 is 0. The molecule has 2 aromatic rings. The molecule has 216 valence electrons. The molecule has 0 N–H and O–H groups in total. The van der Waals surface area contributed by atoms with Gasteiger partial charge in [-0.3, -0.25) is 0 Å². The lowest BCUT2D eigenvalue weighted by atomic mass is 9.81. The summed E-state index contributed by atoms with van der Waals surface area (Å²) in [7, 11) is 0.420. The van der Waals surface area contributed by atoms with Crippen molar-refractivity contribution in [1.29, 1.82) is 0 Å². The van der Waals surface area contributed by atoms with Crippen molar-refractivity contribution >= 4 is 9.76 Å². The maximum Gasteiger partial charge on any atom is 0.316 e. The van der Waals surface area contributed by atoms with Gasteiger partial charge >= 0.3 is 9.76 Å². The first-order valence-corrected chi connectivity index (χ1v) is 16.5. The minimum atomic E-state index is -0.180. The third-order valence-electron chi connectivity index (χ3n) is 7.65. The second kappa shape index (κ2) is 18.3. The Morgan fingerprint density at radius 1 is 0.846 bits per heavy atom. The zero-order chi connectivity index (χ0) is 27.7. The van der Waals surface area contributed by atoms with Crippen LogP contribution in [-0.4, -0.2) is 34.3 Å². The first-order valence-electron chi connectivity index (χ1n) is 15.5. The van der Waals surface area contributed by atoms with E-state index in [4.69, 9.17) is 18.6 Å². The molecule has 4 unspecified atom stereocenters. The van der Waals surface area contributed by atoms with Crippen molar-refractivity contribution in [3.63, 3.8) is 0 Å². The van der Waals surface area contributed by atoms with Crippen LogP contribution in [0.5, 0.6) is 17.4 Å². The fourth-order valence-corrected chi connectivity index (χ4v) is 5.91. The van der Waals surface area contributed by atoms with E-state index >= 15 is 0 Å². The highest BCUT2D eigenvalue weighted by Crippen LogP contribution is 2.42. The summed E-state index contributed by atoms with van der Waals surface area (Å²) in [6, 6.07) is 12.5. The number of hydrogen-bond acceptors (Lipinski definition) is 5. The van der Waals surface area contributed by atoms with Crippen molar-refractivity contribution in [3.8, 4) is 17.4 Å². The highest BCUT2D eigenvalue weighted by Gasteiger charge is 2.27. The van der Waals surface area contributed by atoms with Crippen molar-refractivity contribution in [2.45, 2.75) is 122 Å². The topological polar surface area (TPSA) is 49.8 Å². The lowest BCUT2D eigenvalue weighted by molar-refractivity contribution is 0.0366. The van der Waals surface area contributed by atoms with Crippen molar-refractivity contribution in [1.82, 2.24) is 4.98 Å². The monoisotopic (exact) mass is 553 g/mol. The molecule has 39 heavy (non-hydrogen) atoms.